The van der Waals surface area contributed by atoms with Gasteiger partial charge in [-0.05, 0) is 37.6 Å². The van der Waals surface area contributed by atoms with Crippen LogP contribution in [0.5, 0.6) is 5.75 Å². The fraction of sp³-hybridized carbons (Fsp3) is 0.286. The molecule has 0 radical (unpaired) electrons. The number of furan rings is 1. The molecule has 0 aliphatic rings. The van der Waals surface area contributed by atoms with E-state index in [1.54, 1.807) is 6.26 Å². The lowest BCUT2D eigenvalue weighted by molar-refractivity contribution is -0.384. The Bertz CT molecular complexity index is 581. The zero-order valence-electron chi connectivity index (χ0n) is 11.1. The van der Waals surface area contributed by atoms with Crippen LogP contribution in [0.4, 0.5) is 11.4 Å². The minimum absolute atomic E-state index is 0.0448. The van der Waals surface area contributed by atoms with Crippen LogP contribution in [0.15, 0.2) is 41.0 Å². The van der Waals surface area contributed by atoms with Crippen LogP contribution < -0.4 is 5.32 Å². The molecule has 0 spiro atoms. The van der Waals surface area contributed by atoms with E-state index >= 15 is 0 Å². The first-order chi connectivity index (χ1) is 9.56. The second-order valence-electron chi connectivity index (χ2n) is 4.62. The number of rotatable bonds is 6. The van der Waals surface area contributed by atoms with Gasteiger partial charge >= 0.3 is 0 Å². The molecule has 6 nitrogen and oxygen atoms in total. The minimum Gasteiger partial charge on any atom is -0.508 e. The van der Waals surface area contributed by atoms with E-state index < -0.39 is 4.92 Å². The summed E-state index contributed by atoms with van der Waals surface area (Å²) < 4.78 is 5.24. The van der Waals surface area contributed by atoms with Gasteiger partial charge in [0.15, 0.2) is 0 Å². The summed E-state index contributed by atoms with van der Waals surface area (Å²) in [6.07, 6.45) is 3.16. The van der Waals surface area contributed by atoms with Gasteiger partial charge in [-0.3, -0.25) is 10.1 Å². The summed E-state index contributed by atoms with van der Waals surface area (Å²) in [5.74, 6) is 0.768. The van der Waals surface area contributed by atoms with Gasteiger partial charge in [-0.2, -0.15) is 0 Å². The number of aryl methyl sites for hydroxylation is 1. The van der Waals surface area contributed by atoms with E-state index in [1.807, 2.05) is 19.1 Å². The zero-order chi connectivity index (χ0) is 14.5. The molecule has 0 saturated heterocycles. The maximum absolute atomic E-state index is 10.9. The van der Waals surface area contributed by atoms with Crippen molar-refractivity contribution >= 4 is 11.4 Å². The van der Waals surface area contributed by atoms with Gasteiger partial charge in [0.1, 0.15) is 17.2 Å². The van der Waals surface area contributed by atoms with Gasteiger partial charge in [0.2, 0.25) is 0 Å². The van der Waals surface area contributed by atoms with Gasteiger partial charge in [-0.1, -0.05) is 0 Å². The molecule has 0 saturated carbocycles. The molecule has 1 aromatic heterocycles. The molecule has 106 valence electrons. The molecule has 0 aliphatic heterocycles. The Kier molecular flexibility index (Phi) is 4.24. The lowest BCUT2D eigenvalue weighted by atomic mass is 10.1. The molecule has 2 N–H and O–H groups in total. The van der Waals surface area contributed by atoms with Crippen molar-refractivity contribution in [1.82, 2.24) is 0 Å². The Morgan fingerprint density at radius 1 is 1.45 bits per heavy atom. The number of benzene rings is 1. The van der Waals surface area contributed by atoms with Crippen molar-refractivity contribution in [1.29, 1.82) is 0 Å². The third kappa shape index (κ3) is 3.50. The third-order valence-electron chi connectivity index (χ3n) is 2.98. The highest BCUT2D eigenvalue weighted by molar-refractivity contribution is 5.64. The second-order valence-corrected chi connectivity index (χ2v) is 4.62. The van der Waals surface area contributed by atoms with Gasteiger partial charge in [-0.15, -0.1) is 0 Å². The predicted molar refractivity (Wildman–Crippen MR) is 74.9 cm³/mol. The smallest absolute Gasteiger partial charge is 0.296 e. The first kappa shape index (κ1) is 13.9. The second kappa shape index (κ2) is 6.10. The zero-order valence-corrected chi connectivity index (χ0v) is 11.1. The SMILES string of the molecule is CC(CCc1ccco1)Nc1ccc(O)cc1[N+](=O)[O-]. The van der Waals surface area contributed by atoms with Crippen LogP contribution in [0.25, 0.3) is 0 Å². The van der Waals surface area contributed by atoms with Crippen molar-refractivity contribution in [3.63, 3.8) is 0 Å². The Morgan fingerprint density at radius 3 is 2.90 bits per heavy atom. The first-order valence-corrected chi connectivity index (χ1v) is 6.32. The quantitative estimate of drug-likeness (QED) is 0.480. The first-order valence-electron chi connectivity index (χ1n) is 6.32. The third-order valence-corrected chi connectivity index (χ3v) is 2.98. The molecule has 2 rings (SSSR count). The summed E-state index contributed by atoms with van der Waals surface area (Å²) >= 11 is 0. The number of nitrogens with one attached hydrogen (secondary N) is 1. The highest BCUT2D eigenvalue weighted by Gasteiger charge is 2.16. The number of nitro groups is 1. The number of hydrogen-bond donors (Lipinski definition) is 2. The Morgan fingerprint density at radius 2 is 2.25 bits per heavy atom. The van der Waals surface area contributed by atoms with Crippen molar-refractivity contribution in [2.45, 2.75) is 25.8 Å². The van der Waals surface area contributed by atoms with Crippen LogP contribution in [-0.4, -0.2) is 16.1 Å². The van der Waals surface area contributed by atoms with E-state index in [-0.39, 0.29) is 17.5 Å². The molecule has 0 aliphatic carbocycles. The monoisotopic (exact) mass is 276 g/mol. The summed E-state index contributed by atoms with van der Waals surface area (Å²) in [7, 11) is 0. The fourth-order valence-electron chi connectivity index (χ4n) is 1.94. The van der Waals surface area contributed by atoms with E-state index in [9.17, 15) is 15.2 Å². The molecule has 20 heavy (non-hydrogen) atoms. The Balaban J connectivity index is 2.00. The number of nitro benzene ring substituents is 1. The standard InChI is InChI=1S/C14H16N2O4/c1-10(4-6-12-3-2-8-20-12)15-13-7-5-11(17)9-14(13)16(18)19/h2-3,5,7-10,15,17H,4,6H2,1H3. The Labute approximate surface area is 116 Å². The van der Waals surface area contributed by atoms with Crippen molar-refractivity contribution in [3.05, 3.63) is 52.5 Å². The number of anilines is 1. The summed E-state index contributed by atoms with van der Waals surface area (Å²) in [5.41, 5.74) is 0.273. The number of phenols is 1. The Hall–Kier alpha value is -2.50. The van der Waals surface area contributed by atoms with Crippen LogP contribution in [0.3, 0.4) is 0 Å². The van der Waals surface area contributed by atoms with E-state index in [2.05, 4.69) is 5.32 Å². The van der Waals surface area contributed by atoms with E-state index in [1.165, 1.54) is 12.1 Å². The summed E-state index contributed by atoms with van der Waals surface area (Å²) in [4.78, 5) is 10.4. The van der Waals surface area contributed by atoms with Gasteiger partial charge < -0.3 is 14.8 Å². The minimum atomic E-state index is -0.513. The van der Waals surface area contributed by atoms with Gasteiger partial charge in [0, 0.05) is 12.5 Å². The van der Waals surface area contributed by atoms with E-state index in [0.29, 0.717) is 5.69 Å². The normalized spacial score (nSPS) is 12.1. The molecular weight excluding hydrogens is 260 g/mol. The molecule has 6 heteroatoms. The number of hydrogen-bond acceptors (Lipinski definition) is 5. The molecule has 1 aromatic carbocycles. The van der Waals surface area contributed by atoms with Gasteiger partial charge in [0.05, 0.1) is 17.3 Å². The lowest BCUT2D eigenvalue weighted by Crippen LogP contribution is -2.16. The summed E-state index contributed by atoms with van der Waals surface area (Å²) in [6, 6.07) is 7.85. The molecule has 0 bridgehead atoms. The van der Waals surface area contributed by atoms with Crippen molar-refractivity contribution in [3.8, 4) is 5.75 Å². The lowest BCUT2D eigenvalue weighted by Gasteiger charge is -2.14. The molecule has 1 unspecified atom stereocenters. The molecule has 0 fully saturated rings. The summed E-state index contributed by atoms with van der Waals surface area (Å²) in [5, 5.41) is 23.3. The van der Waals surface area contributed by atoms with Crippen LogP contribution in [0.2, 0.25) is 0 Å². The summed E-state index contributed by atoms with van der Waals surface area (Å²) in [6.45, 7) is 1.94. The molecule has 2 aromatic rings. The number of aromatic hydroxyl groups is 1. The highest BCUT2D eigenvalue weighted by Crippen LogP contribution is 2.29. The van der Waals surface area contributed by atoms with Crippen LogP contribution in [-0.2, 0) is 6.42 Å². The average molecular weight is 276 g/mol. The van der Waals surface area contributed by atoms with Crippen LogP contribution in [0, 0.1) is 10.1 Å². The maximum atomic E-state index is 10.9. The highest BCUT2D eigenvalue weighted by atomic mass is 16.6. The van der Waals surface area contributed by atoms with Gasteiger partial charge in [0.25, 0.3) is 5.69 Å². The predicted octanol–water partition coefficient (Wildman–Crippen LogP) is 3.33. The maximum Gasteiger partial charge on any atom is 0.296 e. The molecule has 0 amide bonds. The van der Waals surface area contributed by atoms with E-state index in [4.69, 9.17) is 4.42 Å². The van der Waals surface area contributed by atoms with Crippen molar-refractivity contribution in [2.75, 3.05) is 5.32 Å². The molecular formula is C14H16N2O4. The van der Waals surface area contributed by atoms with Crippen molar-refractivity contribution in [2.24, 2.45) is 0 Å². The van der Waals surface area contributed by atoms with Crippen LogP contribution in [0.1, 0.15) is 19.1 Å². The number of nitrogens with zero attached hydrogens (tertiary/aromatic N) is 1. The van der Waals surface area contributed by atoms with E-state index in [0.717, 1.165) is 24.7 Å². The fourth-order valence-corrected chi connectivity index (χ4v) is 1.94. The van der Waals surface area contributed by atoms with Gasteiger partial charge in [-0.25, -0.2) is 0 Å². The average Bonchev–Trinajstić information content (AvgIpc) is 2.91. The topological polar surface area (TPSA) is 88.5 Å². The number of phenolic OH excluding ortho intramolecular Hbond substituents is 1. The van der Waals surface area contributed by atoms with Crippen molar-refractivity contribution < 1.29 is 14.4 Å². The molecule has 1 atom stereocenters. The molecule has 1 heterocycles. The van der Waals surface area contributed by atoms with Crippen LogP contribution >= 0.6 is 0 Å². The largest absolute Gasteiger partial charge is 0.508 e.